The van der Waals surface area contributed by atoms with Crippen LogP contribution in [-0.2, 0) is 6.42 Å². The highest BCUT2D eigenvalue weighted by molar-refractivity contribution is 6.30. The van der Waals surface area contributed by atoms with Gasteiger partial charge in [0.05, 0.1) is 0 Å². The van der Waals surface area contributed by atoms with E-state index in [0.29, 0.717) is 5.02 Å². The van der Waals surface area contributed by atoms with Crippen molar-refractivity contribution in [2.45, 2.75) is 13.3 Å². The smallest absolute Gasteiger partial charge is 0.192 e. The Morgan fingerprint density at radius 1 is 1.57 bits per heavy atom. The van der Waals surface area contributed by atoms with Crippen molar-refractivity contribution >= 4 is 23.2 Å². The minimum Gasteiger partial charge on any atom is -0.370 e. The second kappa shape index (κ2) is 4.33. The van der Waals surface area contributed by atoms with Crippen LogP contribution in [-0.4, -0.2) is 13.0 Å². The maximum Gasteiger partial charge on any atom is 0.192 e. The van der Waals surface area contributed by atoms with Crippen LogP contribution in [0.3, 0.4) is 0 Å². The molecule has 76 valence electrons. The number of hydrogen-bond donors (Lipinski definition) is 2. The molecule has 0 saturated carbocycles. The Kier molecular flexibility index (Phi) is 3.36. The Hall–Kier alpha value is -1.22. The molecule has 3 nitrogen and oxygen atoms in total. The molecule has 0 unspecified atom stereocenters. The minimum atomic E-state index is 0.0297. The van der Waals surface area contributed by atoms with Gasteiger partial charge in [0.15, 0.2) is 5.96 Å². The molecule has 0 bridgehead atoms. The second-order valence-corrected chi connectivity index (χ2v) is 3.51. The molecule has 4 heteroatoms. The number of hydrogen-bond acceptors (Lipinski definition) is 1. The summed E-state index contributed by atoms with van der Waals surface area (Å²) in [5.41, 5.74) is 7.43. The van der Waals surface area contributed by atoms with E-state index in [4.69, 9.17) is 22.7 Å². The Bertz CT molecular complexity index is 349. The third-order valence-electron chi connectivity index (χ3n) is 2.15. The number of halogens is 1. The molecule has 0 radical (unpaired) electrons. The monoisotopic (exact) mass is 211 g/mol. The maximum atomic E-state index is 7.33. The van der Waals surface area contributed by atoms with E-state index in [1.165, 1.54) is 0 Å². The average molecular weight is 212 g/mol. The van der Waals surface area contributed by atoms with E-state index in [1.54, 1.807) is 18.0 Å². The van der Waals surface area contributed by atoms with Crippen molar-refractivity contribution in [2.75, 3.05) is 11.9 Å². The lowest BCUT2D eigenvalue weighted by Gasteiger charge is -2.20. The van der Waals surface area contributed by atoms with Gasteiger partial charge in [0.1, 0.15) is 0 Å². The summed E-state index contributed by atoms with van der Waals surface area (Å²) in [5, 5.41) is 8.04. The molecule has 0 heterocycles. The molecule has 0 aliphatic rings. The fourth-order valence-corrected chi connectivity index (χ4v) is 1.49. The normalized spacial score (nSPS) is 9.93. The van der Waals surface area contributed by atoms with Crippen LogP contribution in [0, 0.1) is 5.41 Å². The first-order valence-electron chi connectivity index (χ1n) is 4.42. The molecule has 1 rings (SSSR count). The molecular formula is C10H14ClN3. The molecule has 1 aromatic rings. The van der Waals surface area contributed by atoms with Crippen molar-refractivity contribution in [3.63, 3.8) is 0 Å². The fourth-order valence-electron chi connectivity index (χ4n) is 1.29. The standard InChI is InChI=1S/C10H14ClN3/c1-3-7-6-8(11)4-5-9(7)14(2)10(12)13/h4-6H,3H2,1-2H3,(H3,12,13). The zero-order chi connectivity index (χ0) is 10.7. The van der Waals surface area contributed by atoms with Gasteiger partial charge in [-0.05, 0) is 30.2 Å². The Morgan fingerprint density at radius 2 is 2.21 bits per heavy atom. The van der Waals surface area contributed by atoms with Crippen LogP contribution in [0.1, 0.15) is 12.5 Å². The van der Waals surface area contributed by atoms with Crippen molar-refractivity contribution in [1.29, 1.82) is 5.41 Å². The predicted octanol–water partition coefficient (Wildman–Crippen LogP) is 2.23. The largest absolute Gasteiger partial charge is 0.370 e. The zero-order valence-corrected chi connectivity index (χ0v) is 9.10. The number of nitrogens with two attached hydrogens (primary N) is 1. The SMILES string of the molecule is CCc1cc(Cl)ccc1N(C)C(=N)N. The van der Waals surface area contributed by atoms with Crippen LogP contribution < -0.4 is 10.6 Å². The number of benzene rings is 1. The van der Waals surface area contributed by atoms with Gasteiger partial charge in [0.2, 0.25) is 0 Å². The van der Waals surface area contributed by atoms with Gasteiger partial charge in [0.25, 0.3) is 0 Å². The topological polar surface area (TPSA) is 53.1 Å². The molecule has 1 aromatic carbocycles. The van der Waals surface area contributed by atoms with Crippen LogP contribution in [0.25, 0.3) is 0 Å². The van der Waals surface area contributed by atoms with Crippen molar-refractivity contribution in [3.05, 3.63) is 28.8 Å². The number of aryl methyl sites for hydroxylation is 1. The molecule has 14 heavy (non-hydrogen) atoms. The summed E-state index contributed by atoms with van der Waals surface area (Å²) in [7, 11) is 1.77. The van der Waals surface area contributed by atoms with E-state index in [0.717, 1.165) is 17.7 Å². The van der Waals surface area contributed by atoms with Gasteiger partial charge in [-0.2, -0.15) is 0 Å². The van der Waals surface area contributed by atoms with E-state index in [-0.39, 0.29) is 5.96 Å². The summed E-state index contributed by atoms with van der Waals surface area (Å²) in [6.07, 6.45) is 0.869. The lowest BCUT2D eigenvalue weighted by atomic mass is 10.1. The molecule has 0 amide bonds. The maximum absolute atomic E-state index is 7.33. The van der Waals surface area contributed by atoms with Crippen LogP contribution in [0.5, 0.6) is 0 Å². The summed E-state index contributed by atoms with van der Waals surface area (Å²) < 4.78 is 0. The highest BCUT2D eigenvalue weighted by atomic mass is 35.5. The third-order valence-corrected chi connectivity index (χ3v) is 2.38. The number of nitrogens with one attached hydrogen (secondary N) is 1. The highest BCUT2D eigenvalue weighted by Gasteiger charge is 2.08. The van der Waals surface area contributed by atoms with E-state index < -0.39 is 0 Å². The minimum absolute atomic E-state index is 0.0297. The predicted molar refractivity (Wildman–Crippen MR) is 61.1 cm³/mol. The van der Waals surface area contributed by atoms with E-state index in [2.05, 4.69) is 0 Å². The second-order valence-electron chi connectivity index (χ2n) is 3.07. The molecule has 0 aliphatic carbocycles. The van der Waals surface area contributed by atoms with Crippen molar-refractivity contribution in [1.82, 2.24) is 0 Å². The number of nitrogens with zero attached hydrogens (tertiary/aromatic N) is 1. The number of anilines is 1. The third kappa shape index (κ3) is 2.17. The lowest BCUT2D eigenvalue weighted by molar-refractivity contribution is 1.10. The van der Waals surface area contributed by atoms with Gasteiger partial charge in [-0.3, -0.25) is 5.41 Å². The molecule has 0 aromatic heterocycles. The first-order valence-corrected chi connectivity index (χ1v) is 4.80. The van der Waals surface area contributed by atoms with E-state index in [1.807, 2.05) is 19.1 Å². The molecule has 0 fully saturated rings. The summed E-state index contributed by atoms with van der Waals surface area (Å²) >= 11 is 5.88. The summed E-state index contributed by atoms with van der Waals surface area (Å²) in [5.74, 6) is 0.0297. The van der Waals surface area contributed by atoms with Crippen LogP contribution >= 0.6 is 11.6 Å². The van der Waals surface area contributed by atoms with Gasteiger partial charge in [-0.1, -0.05) is 18.5 Å². The number of guanidine groups is 1. The molecule has 0 atom stereocenters. The van der Waals surface area contributed by atoms with Crippen LogP contribution in [0.2, 0.25) is 5.02 Å². The summed E-state index contributed by atoms with van der Waals surface area (Å²) in [6.45, 7) is 2.04. The van der Waals surface area contributed by atoms with Gasteiger partial charge >= 0.3 is 0 Å². The first kappa shape index (κ1) is 10.9. The lowest BCUT2D eigenvalue weighted by Crippen LogP contribution is -2.33. The quantitative estimate of drug-likeness (QED) is 0.582. The summed E-state index contributed by atoms with van der Waals surface area (Å²) in [6, 6.07) is 5.58. The van der Waals surface area contributed by atoms with Gasteiger partial charge in [-0.15, -0.1) is 0 Å². The highest BCUT2D eigenvalue weighted by Crippen LogP contribution is 2.23. The first-order chi connectivity index (χ1) is 6.56. The fraction of sp³-hybridized carbons (Fsp3) is 0.300. The Labute approximate surface area is 89.0 Å². The van der Waals surface area contributed by atoms with Crippen molar-refractivity contribution in [2.24, 2.45) is 5.73 Å². The Balaban J connectivity index is 3.13. The van der Waals surface area contributed by atoms with Crippen LogP contribution in [0.4, 0.5) is 5.69 Å². The average Bonchev–Trinajstić information content (AvgIpc) is 2.16. The zero-order valence-electron chi connectivity index (χ0n) is 8.34. The molecule has 3 N–H and O–H groups in total. The van der Waals surface area contributed by atoms with Crippen LogP contribution in [0.15, 0.2) is 18.2 Å². The molecular weight excluding hydrogens is 198 g/mol. The van der Waals surface area contributed by atoms with Crippen molar-refractivity contribution < 1.29 is 0 Å². The van der Waals surface area contributed by atoms with E-state index >= 15 is 0 Å². The molecule has 0 aliphatic heterocycles. The van der Waals surface area contributed by atoms with E-state index in [9.17, 15) is 0 Å². The number of rotatable bonds is 2. The summed E-state index contributed by atoms with van der Waals surface area (Å²) in [4.78, 5) is 1.63. The van der Waals surface area contributed by atoms with Crippen molar-refractivity contribution in [3.8, 4) is 0 Å². The molecule has 0 spiro atoms. The Morgan fingerprint density at radius 3 is 2.71 bits per heavy atom. The van der Waals surface area contributed by atoms with Gasteiger partial charge in [-0.25, -0.2) is 0 Å². The van der Waals surface area contributed by atoms with Gasteiger partial charge < -0.3 is 10.6 Å². The molecule has 0 saturated heterocycles. The van der Waals surface area contributed by atoms with Gasteiger partial charge in [0, 0.05) is 17.8 Å².